The second-order valence-electron chi connectivity index (χ2n) is 6.03. The molecule has 0 atom stereocenters. The van der Waals surface area contributed by atoms with Crippen LogP contribution in [0.15, 0.2) is 72.8 Å². The van der Waals surface area contributed by atoms with Crippen LogP contribution in [0.1, 0.15) is 33.7 Å². The number of hydrogen-bond donors (Lipinski definition) is 0. The summed E-state index contributed by atoms with van der Waals surface area (Å²) in [5, 5.41) is 0. The van der Waals surface area contributed by atoms with Crippen molar-refractivity contribution in [2.24, 2.45) is 0 Å². The van der Waals surface area contributed by atoms with E-state index in [0.717, 1.165) is 5.75 Å². The molecule has 0 aliphatic rings. The van der Waals surface area contributed by atoms with Gasteiger partial charge in [-0.2, -0.15) is 0 Å². The molecular formula is C22H22O. The highest BCUT2D eigenvalue weighted by Crippen LogP contribution is 2.33. The van der Waals surface area contributed by atoms with E-state index in [0.29, 0.717) is 0 Å². The third-order valence-electron chi connectivity index (χ3n) is 4.27. The quantitative estimate of drug-likeness (QED) is 0.579. The zero-order valence-corrected chi connectivity index (χ0v) is 13.9. The van der Waals surface area contributed by atoms with Crippen LogP contribution < -0.4 is 4.74 Å². The van der Waals surface area contributed by atoms with Gasteiger partial charge in [-0.05, 0) is 42.7 Å². The monoisotopic (exact) mass is 302 g/mol. The van der Waals surface area contributed by atoms with Crippen molar-refractivity contribution in [3.8, 4) is 5.75 Å². The van der Waals surface area contributed by atoms with E-state index in [-0.39, 0.29) is 5.92 Å². The Morgan fingerprint density at radius 3 is 1.26 bits per heavy atom. The molecule has 0 aliphatic carbocycles. The summed E-state index contributed by atoms with van der Waals surface area (Å²) in [7, 11) is 1.70. The second kappa shape index (κ2) is 6.70. The number of methoxy groups -OCH3 is 1. The molecule has 0 spiro atoms. The van der Waals surface area contributed by atoms with Crippen molar-refractivity contribution in [2.45, 2.75) is 19.8 Å². The van der Waals surface area contributed by atoms with E-state index < -0.39 is 0 Å². The van der Waals surface area contributed by atoms with Gasteiger partial charge in [-0.3, -0.25) is 0 Å². The van der Waals surface area contributed by atoms with Crippen LogP contribution in [0.2, 0.25) is 0 Å². The molecule has 3 aromatic rings. The number of ether oxygens (including phenoxy) is 1. The smallest absolute Gasteiger partial charge is 0.118 e. The van der Waals surface area contributed by atoms with Crippen LogP contribution in [0.4, 0.5) is 0 Å². The highest BCUT2D eigenvalue weighted by molar-refractivity contribution is 5.45. The Labute approximate surface area is 138 Å². The molecule has 0 aliphatic heterocycles. The first-order valence-electron chi connectivity index (χ1n) is 7.94. The minimum atomic E-state index is 0.238. The van der Waals surface area contributed by atoms with E-state index in [9.17, 15) is 0 Å². The normalized spacial score (nSPS) is 10.8. The molecule has 1 nitrogen and oxygen atoms in total. The molecule has 0 unspecified atom stereocenters. The number of benzene rings is 3. The second-order valence-corrected chi connectivity index (χ2v) is 6.03. The average Bonchev–Trinajstić information content (AvgIpc) is 2.59. The first-order chi connectivity index (χ1) is 11.2. The Hall–Kier alpha value is -2.54. The van der Waals surface area contributed by atoms with E-state index >= 15 is 0 Å². The van der Waals surface area contributed by atoms with Gasteiger partial charge < -0.3 is 4.74 Å². The summed E-state index contributed by atoms with van der Waals surface area (Å²) in [5.74, 6) is 1.13. The van der Waals surface area contributed by atoms with Gasteiger partial charge in [0, 0.05) is 5.92 Å². The maximum absolute atomic E-state index is 5.29. The Morgan fingerprint density at radius 2 is 0.913 bits per heavy atom. The molecule has 1 heteroatoms. The molecule has 116 valence electrons. The van der Waals surface area contributed by atoms with Gasteiger partial charge in [0.2, 0.25) is 0 Å². The highest BCUT2D eigenvalue weighted by Gasteiger charge is 2.16. The van der Waals surface area contributed by atoms with Gasteiger partial charge >= 0.3 is 0 Å². The van der Waals surface area contributed by atoms with Crippen molar-refractivity contribution in [3.05, 3.63) is 101 Å². The van der Waals surface area contributed by atoms with Gasteiger partial charge in [-0.15, -0.1) is 0 Å². The molecule has 3 rings (SSSR count). The Balaban J connectivity index is 2.08. The molecule has 0 saturated heterocycles. The fourth-order valence-corrected chi connectivity index (χ4v) is 2.89. The molecule has 0 amide bonds. The molecule has 0 fully saturated rings. The topological polar surface area (TPSA) is 9.23 Å². The summed E-state index contributed by atoms with van der Waals surface area (Å²) in [5.41, 5.74) is 6.46. The van der Waals surface area contributed by atoms with Crippen molar-refractivity contribution in [3.63, 3.8) is 0 Å². The predicted octanol–water partition coefficient (Wildman–Crippen LogP) is 5.49. The predicted molar refractivity (Wildman–Crippen MR) is 96.3 cm³/mol. The molecule has 0 aromatic heterocycles. The van der Waals surface area contributed by atoms with E-state index in [2.05, 4.69) is 74.5 Å². The summed E-state index contributed by atoms with van der Waals surface area (Å²) < 4.78 is 5.29. The van der Waals surface area contributed by atoms with Gasteiger partial charge in [0.15, 0.2) is 0 Å². The summed E-state index contributed by atoms with van der Waals surface area (Å²) in [4.78, 5) is 0. The minimum absolute atomic E-state index is 0.238. The lowest BCUT2D eigenvalue weighted by Crippen LogP contribution is -2.03. The lowest BCUT2D eigenvalue weighted by atomic mass is 9.84. The standard InChI is InChI=1S/C22H22O/c1-16-4-8-18(9-5-16)22(19-10-6-17(2)7-11-19)20-12-14-21(23-3)15-13-20/h4-15,22H,1-3H3. The first kappa shape index (κ1) is 15.4. The third kappa shape index (κ3) is 3.45. The molecule has 0 bridgehead atoms. The lowest BCUT2D eigenvalue weighted by Gasteiger charge is -2.19. The highest BCUT2D eigenvalue weighted by atomic mass is 16.5. The molecule has 0 N–H and O–H groups in total. The van der Waals surface area contributed by atoms with Crippen LogP contribution in [-0.2, 0) is 0 Å². The summed E-state index contributed by atoms with van der Waals surface area (Å²) in [6, 6.07) is 26.0. The van der Waals surface area contributed by atoms with Gasteiger partial charge in [0.1, 0.15) is 5.75 Å². The Morgan fingerprint density at radius 1 is 0.565 bits per heavy atom. The van der Waals surface area contributed by atoms with Crippen molar-refractivity contribution in [2.75, 3.05) is 7.11 Å². The van der Waals surface area contributed by atoms with E-state index in [1.165, 1.54) is 27.8 Å². The number of aryl methyl sites for hydroxylation is 2. The SMILES string of the molecule is COc1ccc(C(c2ccc(C)cc2)c2ccc(C)cc2)cc1. The van der Waals surface area contributed by atoms with E-state index in [1.807, 2.05) is 12.1 Å². The molecular weight excluding hydrogens is 280 g/mol. The van der Waals surface area contributed by atoms with Crippen LogP contribution >= 0.6 is 0 Å². The first-order valence-corrected chi connectivity index (χ1v) is 7.94. The van der Waals surface area contributed by atoms with Crippen LogP contribution in [0, 0.1) is 13.8 Å². The molecule has 23 heavy (non-hydrogen) atoms. The van der Waals surface area contributed by atoms with Gasteiger partial charge in [-0.1, -0.05) is 71.8 Å². The van der Waals surface area contributed by atoms with E-state index in [4.69, 9.17) is 4.74 Å². The molecule has 0 radical (unpaired) electrons. The van der Waals surface area contributed by atoms with Gasteiger partial charge in [0.25, 0.3) is 0 Å². The van der Waals surface area contributed by atoms with Crippen LogP contribution in [0.25, 0.3) is 0 Å². The van der Waals surface area contributed by atoms with Gasteiger partial charge in [0.05, 0.1) is 7.11 Å². The van der Waals surface area contributed by atoms with Gasteiger partial charge in [-0.25, -0.2) is 0 Å². The van der Waals surface area contributed by atoms with E-state index in [1.54, 1.807) is 7.11 Å². The largest absolute Gasteiger partial charge is 0.497 e. The Bertz CT molecular complexity index is 707. The van der Waals surface area contributed by atoms with Crippen molar-refractivity contribution in [1.29, 1.82) is 0 Å². The van der Waals surface area contributed by atoms with Crippen molar-refractivity contribution in [1.82, 2.24) is 0 Å². The fraction of sp³-hybridized carbons (Fsp3) is 0.182. The minimum Gasteiger partial charge on any atom is -0.497 e. The average molecular weight is 302 g/mol. The summed E-state index contributed by atoms with van der Waals surface area (Å²) >= 11 is 0. The summed E-state index contributed by atoms with van der Waals surface area (Å²) in [6.45, 7) is 4.25. The maximum Gasteiger partial charge on any atom is 0.118 e. The molecule has 3 aromatic carbocycles. The lowest BCUT2D eigenvalue weighted by molar-refractivity contribution is 0.414. The summed E-state index contributed by atoms with van der Waals surface area (Å²) in [6.07, 6.45) is 0. The van der Waals surface area contributed by atoms with Crippen LogP contribution in [-0.4, -0.2) is 7.11 Å². The van der Waals surface area contributed by atoms with Crippen LogP contribution in [0.3, 0.4) is 0 Å². The van der Waals surface area contributed by atoms with Crippen LogP contribution in [0.5, 0.6) is 5.75 Å². The zero-order chi connectivity index (χ0) is 16.2. The maximum atomic E-state index is 5.29. The molecule has 0 heterocycles. The Kier molecular flexibility index (Phi) is 4.47. The molecule has 0 saturated carbocycles. The fourth-order valence-electron chi connectivity index (χ4n) is 2.89. The zero-order valence-electron chi connectivity index (χ0n) is 13.9. The number of hydrogen-bond acceptors (Lipinski definition) is 1. The third-order valence-corrected chi connectivity index (χ3v) is 4.27. The number of rotatable bonds is 4. The van der Waals surface area contributed by atoms with Crippen molar-refractivity contribution < 1.29 is 4.74 Å². The van der Waals surface area contributed by atoms with Crippen molar-refractivity contribution >= 4 is 0 Å².